The summed E-state index contributed by atoms with van der Waals surface area (Å²) in [5, 5.41) is 8.27. The minimum atomic E-state index is -3.73. The molecule has 1 aliphatic heterocycles. The zero-order valence-corrected chi connectivity index (χ0v) is 13.8. The lowest BCUT2D eigenvalue weighted by Crippen LogP contribution is -2.32. The van der Waals surface area contributed by atoms with Crippen LogP contribution in [0.2, 0.25) is 0 Å². The predicted octanol–water partition coefficient (Wildman–Crippen LogP) is 1.09. The number of primary sulfonamides is 1. The summed E-state index contributed by atoms with van der Waals surface area (Å²) < 4.78 is 45.7. The third kappa shape index (κ3) is 3.94. The zero-order valence-electron chi connectivity index (χ0n) is 10.5. The Morgan fingerprint density at radius 1 is 1.25 bits per heavy atom. The molecule has 3 N–H and O–H groups in total. The first-order valence-electron chi connectivity index (χ1n) is 5.97. The number of hydrogen-bond donors (Lipinski definition) is 2. The van der Waals surface area contributed by atoms with Crippen molar-refractivity contribution in [3.8, 4) is 0 Å². The monoisotopic (exact) mass is 382 g/mol. The molecule has 9 heteroatoms. The fourth-order valence-corrected chi connectivity index (χ4v) is 4.72. The quantitative estimate of drug-likeness (QED) is 0.813. The van der Waals surface area contributed by atoms with Gasteiger partial charge in [0.1, 0.15) is 9.84 Å². The third-order valence-corrected chi connectivity index (χ3v) is 6.47. The number of sulfonamides is 1. The van der Waals surface area contributed by atoms with Crippen LogP contribution in [0.4, 0.5) is 5.69 Å². The molecule has 0 saturated carbocycles. The molecule has 1 saturated heterocycles. The normalized spacial score (nSPS) is 19.7. The van der Waals surface area contributed by atoms with Crippen LogP contribution in [0.25, 0.3) is 0 Å². The van der Waals surface area contributed by atoms with E-state index >= 15 is 0 Å². The number of nitrogens with two attached hydrogens (primary N) is 1. The van der Waals surface area contributed by atoms with Crippen molar-refractivity contribution < 1.29 is 16.8 Å². The summed E-state index contributed by atoms with van der Waals surface area (Å²) in [5.74, 6) is 0.356. The molecule has 0 radical (unpaired) electrons. The molecule has 1 heterocycles. The van der Waals surface area contributed by atoms with Gasteiger partial charge in [0, 0.05) is 16.2 Å². The van der Waals surface area contributed by atoms with E-state index < -0.39 is 19.9 Å². The molecule has 2 rings (SSSR count). The van der Waals surface area contributed by atoms with Gasteiger partial charge in [-0.2, -0.15) is 0 Å². The van der Waals surface area contributed by atoms with Crippen LogP contribution in [0, 0.1) is 0 Å². The van der Waals surface area contributed by atoms with Gasteiger partial charge in [0.2, 0.25) is 10.0 Å². The molecular weight excluding hydrogens is 368 g/mol. The van der Waals surface area contributed by atoms with Crippen molar-refractivity contribution in [2.24, 2.45) is 5.14 Å². The summed E-state index contributed by atoms with van der Waals surface area (Å²) in [6, 6.07) is 4.53. The first-order chi connectivity index (χ1) is 9.17. The fraction of sp³-hybridized carbons (Fsp3) is 0.455. The van der Waals surface area contributed by atoms with Gasteiger partial charge in [0.15, 0.2) is 0 Å². The number of anilines is 1. The molecule has 1 aromatic carbocycles. The van der Waals surface area contributed by atoms with Crippen molar-refractivity contribution in [3.05, 3.63) is 22.7 Å². The van der Waals surface area contributed by atoms with Crippen LogP contribution in [-0.2, 0) is 19.9 Å². The minimum Gasteiger partial charge on any atom is -0.381 e. The second-order valence-electron chi connectivity index (χ2n) is 4.76. The molecule has 1 aliphatic rings. The van der Waals surface area contributed by atoms with Crippen LogP contribution in [0.15, 0.2) is 27.6 Å². The van der Waals surface area contributed by atoms with Crippen LogP contribution in [0.3, 0.4) is 0 Å². The second-order valence-corrected chi connectivity index (χ2v) is 9.48. The SMILES string of the molecule is NS(=O)(=O)c1ccc(NC2CCS(=O)(=O)CC2)c(Br)c1. The van der Waals surface area contributed by atoms with Gasteiger partial charge in [-0.3, -0.25) is 0 Å². The molecule has 0 bridgehead atoms. The van der Waals surface area contributed by atoms with Crippen LogP contribution in [-0.4, -0.2) is 34.4 Å². The van der Waals surface area contributed by atoms with Gasteiger partial charge in [0.05, 0.1) is 16.4 Å². The average molecular weight is 383 g/mol. The maximum absolute atomic E-state index is 11.4. The molecule has 1 aromatic rings. The molecule has 6 nitrogen and oxygen atoms in total. The molecule has 0 amide bonds. The molecule has 112 valence electrons. The first-order valence-corrected chi connectivity index (χ1v) is 10.1. The molecule has 0 aliphatic carbocycles. The number of halogens is 1. The Morgan fingerprint density at radius 3 is 2.35 bits per heavy atom. The second kappa shape index (κ2) is 5.63. The lowest BCUT2D eigenvalue weighted by Gasteiger charge is -2.24. The highest BCUT2D eigenvalue weighted by Gasteiger charge is 2.24. The highest BCUT2D eigenvalue weighted by molar-refractivity contribution is 9.10. The van der Waals surface area contributed by atoms with E-state index in [9.17, 15) is 16.8 Å². The van der Waals surface area contributed by atoms with Crippen molar-refractivity contribution in [2.45, 2.75) is 23.8 Å². The van der Waals surface area contributed by atoms with Gasteiger partial charge in [-0.1, -0.05) is 0 Å². The molecular formula is C11H15BrN2O4S2. The third-order valence-electron chi connectivity index (χ3n) is 3.18. The Balaban J connectivity index is 2.12. The lowest BCUT2D eigenvalue weighted by molar-refractivity contribution is 0.559. The van der Waals surface area contributed by atoms with Gasteiger partial charge < -0.3 is 5.32 Å². The topological polar surface area (TPSA) is 106 Å². The van der Waals surface area contributed by atoms with E-state index in [1.807, 2.05) is 0 Å². The zero-order chi connectivity index (χ0) is 15.0. The van der Waals surface area contributed by atoms with E-state index in [2.05, 4.69) is 21.2 Å². The number of benzene rings is 1. The van der Waals surface area contributed by atoms with Crippen LogP contribution >= 0.6 is 15.9 Å². The van der Waals surface area contributed by atoms with Crippen LogP contribution < -0.4 is 10.5 Å². The smallest absolute Gasteiger partial charge is 0.238 e. The van der Waals surface area contributed by atoms with E-state index in [-0.39, 0.29) is 22.4 Å². The number of hydrogen-bond acceptors (Lipinski definition) is 5. The lowest BCUT2D eigenvalue weighted by atomic mass is 10.1. The Kier molecular flexibility index (Phi) is 4.43. The largest absolute Gasteiger partial charge is 0.381 e. The van der Waals surface area contributed by atoms with Gasteiger partial charge in [-0.05, 0) is 47.0 Å². The van der Waals surface area contributed by atoms with Crippen LogP contribution in [0.5, 0.6) is 0 Å². The van der Waals surface area contributed by atoms with E-state index in [1.165, 1.54) is 12.1 Å². The minimum absolute atomic E-state index is 0.0288. The summed E-state index contributed by atoms with van der Waals surface area (Å²) in [4.78, 5) is 0.0288. The standard InChI is InChI=1S/C11H15BrN2O4S2/c12-10-7-9(20(13,17)18)1-2-11(10)14-8-3-5-19(15,16)6-4-8/h1-2,7-8,14H,3-6H2,(H2,13,17,18). The highest BCUT2D eigenvalue weighted by Crippen LogP contribution is 2.27. The maximum atomic E-state index is 11.4. The molecule has 1 fully saturated rings. The summed E-state index contributed by atoms with van der Waals surface area (Å²) in [7, 11) is -6.62. The summed E-state index contributed by atoms with van der Waals surface area (Å²) in [5.41, 5.74) is 0.724. The Bertz CT molecular complexity index is 702. The van der Waals surface area contributed by atoms with Crippen molar-refractivity contribution in [3.63, 3.8) is 0 Å². The van der Waals surface area contributed by atoms with Crippen molar-refractivity contribution in [1.82, 2.24) is 0 Å². The molecule has 20 heavy (non-hydrogen) atoms. The van der Waals surface area contributed by atoms with E-state index in [4.69, 9.17) is 5.14 Å². The fourth-order valence-electron chi connectivity index (χ4n) is 2.04. The molecule has 0 aromatic heterocycles. The van der Waals surface area contributed by atoms with E-state index in [1.54, 1.807) is 6.07 Å². The van der Waals surface area contributed by atoms with E-state index in [0.29, 0.717) is 17.3 Å². The number of nitrogens with one attached hydrogen (secondary N) is 1. The molecule has 0 unspecified atom stereocenters. The Hall–Kier alpha value is -0.640. The molecule has 0 atom stereocenters. The number of sulfone groups is 1. The Labute approximate surface area is 126 Å². The van der Waals surface area contributed by atoms with E-state index in [0.717, 1.165) is 5.69 Å². The number of rotatable bonds is 3. The summed E-state index contributed by atoms with van der Waals surface area (Å²) in [6.45, 7) is 0. The van der Waals surface area contributed by atoms with Crippen molar-refractivity contribution in [1.29, 1.82) is 0 Å². The maximum Gasteiger partial charge on any atom is 0.238 e. The highest BCUT2D eigenvalue weighted by atomic mass is 79.9. The van der Waals surface area contributed by atoms with Gasteiger partial charge in [-0.15, -0.1) is 0 Å². The predicted molar refractivity (Wildman–Crippen MR) is 80.8 cm³/mol. The van der Waals surface area contributed by atoms with Crippen molar-refractivity contribution in [2.75, 3.05) is 16.8 Å². The first kappa shape index (κ1) is 15.7. The summed E-state index contributed by atoms with van der Waals surface area (Å²) in [6.07, 6.45) is 1.09. The Morgan fingerprint density at radius 2 is 1.85 bits per heavy atom. The van der Waals surface area contributed by atoms with Gasteiger partial charge in [0.25, 0.3) is 0 Å². The van der Waals surface area contributed by atoms with Gasteiger partial charge in [-0.25, -0.2) is 22.0 Å². The molecule has 0 spiro atoms. The average Bonchev–Trinajstić information content (AvgIpc) is 2.33. The van der Waals surface area contributed by atoms with Gasteiger partial charge >= 0.3 is 0 Å². The summed E-state index contributed by atoms with van der Waals surface area (Å²) >= 11 is 3.29. The van der Waals surface area contributed by atoms with Crippen molar-refractivity contribution >= 4 is 41.5 Å². The van der Waals surface area contributed by atoms with Crippen LogP contribution in [0.1, 0.15) is 12.8 Å².